The Bertz CT molecular complexity index is 228. The van der Waals surface area contributed by atoms with Gasteiger partial charge in [0, 0.05) is 25.4 Å². The smallest absolute Gasteiger partial charge is 0.108 e. The highest BCUT2D eigenvalue weighted by Gasteiger charge is 1.99. The maximum atomic E-state index is 4.35. The van der Waals surface area contributed by atoms with E-state index in [0.29, 0.717) is 0 Å². The maximum Gasteiger partial charge on any atom is 0.108 e. The Morgan fingerprint density at radius 1 is 1.23 bits per heavy atom. The van der Waals surface area contributed by atoms with Crippen LogP contribution in [0.4, 0.5) is 0 Å². The maximum absolute atomic E-state index is 4.35. The van der Waals surface area contributed by atoms with Gasteiger partial charge in [-0.2, -0.15) is 0 Å². The number of aromatic nitrogens is 2. The third-order valence-electron chi connectivity index (χ3n) is 2.28. The minimum absolute atomic E-state index is 1.11. The van der Waals surface area contributed by atoms with E-state index >= 15 is 0 Å². The summed E-state index contributed by atoms with van der Waals surface area (Å²) in [5.74, 6) is 1.25. The molecular formula is C11H20N2. The van der Waals surface area contributed by atoms with Crippen LogP contribution in [0.25, 0.3) is 0 Å². The highest BCUT2D eigenvalue weighted by molar-refractivity contribution is 4.92. The van der Waals surface area contributed by atoms with Crippen molar-refractivity contribution in [3.8, 4) is 0 Å². The monoisotopic (exact) mass is 180 g/mol. The van der Waals surface area contributed by atoms with Crippen LogP contribution < -0.4 is 0 Å². The van der Waals surface area contributed by atoms with E-state index in [1.807, 2.05) is 6.20 Å². The van der Waals surface area contributed by atoms with Gasteiger partial charge in [-0.3, -0.25) is 0 Å². The molecule has 0 saturated carbocycles. The molecule has 0 bridgehead atoms. The second-order valence-corrected chi connectivity index (χ2v) is 3.49. The molecule has 0 aliphatic rings. The fourth-order valence-corrected chi connectivity index (χ4v) is 1.53. The molecule has 0 amide bonds. The lowest BCUT2D eigenvalue weighted by Gasteiger charge is -2.05. The zero-order valence-corrected chi connectivity index (χ0v) is 8.79. The molecule has 0 spiro atoms. The highest BCUT2D eigenvalue weighted by atomic mass is 15.1. The first-order chi connectivity index (χ1) is 6.38. The van der Waals surface area contributed by atoms with Gasteiger partial charge in [0.2, 0.25) is 0 Å². The Balaban J connectivity index is 2.40. The lowest BCUT2D eigenvalue weighted by Crippen LogP contribution is -2.02. The first-order valence-electron chi connectivity index (χ1n) is 5.38. The number of nitrogens with zero attached hydrogens (tertiary/aromatic N) is 2. The van der Waals surface area contributed by atoms with Crippen molar-refractivity contribution in [3.63, 3.8) is 0 Å². The van der Waals surface area contributed by atoms with Gasteiger partial charge in [-0.25, -0.2) is 4.98 Å². The van der Waals surface area contributed by atoms with Crippen molar-refractivity contribution in [1.82, 2.24) is 9.55 Å². The van der Waals surface area contributed by atoms with Gasteiger partial charge in [0.15, 0.2) is 0 Å². The van der Waals surface area contributed by atoms with Gasteiger partial charge in [-0.15, -0.1) is 0 Å². The highest BCUT2D eigenvalue weighted by Crippen LogP contribution is 2.04. The van der Waals surface area contributed by atoms with E-state index in [1.165, 1.54) is 31.5 Å². The van der Waals surface area contributed by atoms with Crippen molar-refractivity contribution in [3.05, 3.63) is 18.2 Å². The average molecular weight is 180 g/mol. The minimum atomic E-state index is 1.11. The van der Waals surface area contributed by atoms with Crippen LogP contribution in [0.1, 0.15) is 45.4 Å². The number of unbranched alkanes of at least 4 members (excludes halogenated alkanes) is 2. The molecule has 2 nitrogen and oxygen atoms in total. The van der Waals surface area contributed by atoms with Crippen LogP contribution in [-0.2, 0) is 13.0 Å². The summed E-state index contributed by atoms with van der Waals surface area (Å²) < 4.78 is 2.29. The molecule has 0 fully saturated rings. The molecule has 0 radical (unpaired) electrons. The van der Waals surface area contributed by atoms with Crippen LogP contribution in [0.2, 0.25) is 0 Å². The Labute approximate surface area is 81.0 Å². The molecule has 0 aliphatic carbocycles. The van der Waals surface area contributed by atoms with Crippen LogP contribution in [0.15, 0.2) is 12.4 Å². The summed E-state index contributed by atoms with van der Waals surface area (Å²) in [6.45, 7) is 5.58. The molecule has 0 unspecified atom stereocenters. The third-order valence-corrected chi connectivity index (χ3v) is 2.28. The molecule has 0 saturated heterocycles. The molecule has 2 heteroatoms. The van der Waals surface area contributed by atoms with Crippen LogP contribution >= 0.6 is 0 Å². The zero-order valence-electron chi connectivity index (χ0n) is 8.79. The van der Waals surface area contributed by atoms with Gasteiger partial charge >= 0.3 is 0 Å². The van der Waals surface area contributed by atoms with Gasteiger partial charge in [0.05, 0.1) is 0 Å². The van der Waals surface area contributed by atoms with Crippen LogP contribution in [0.3, 0.4) is 0 Å². The number of aryl methyl sites for hydroxylation is 2. The number of hydrogen-bond donors (Lipinski definition) is 0. The first kappa shape index (κ1) is 10.3. The number of imidazole rings is 1. The lowest BCUT2D eigenvalue weighted by atomic mass is 10.2. The molecule has 0 N–H and O–H groups in total. The zero-order chi connectivity index (χ0) is 9.52. The summed E-state index contributed by atoms with van der Waals surface area (Å²) >= 11 is 0. The van der Waals surface area contributed by atoms with Crippen LogP contribution in [0.5, 0.6) is 0 Å². The molecule has 0 aromatic carbocycles. The predicted molar refractivity (Wildman–Crippen MR) is 55.7 cm³/mol. The molecule has 0 atom stereocenters. The van der Waals surface area contributed by atoms with Crippen molar-refractivity contribution in [2.45, 2.75) is 52.5 Å². The second-order valence-electron chi connectivity index (χ2n) is 3.49. The molecular weight excluding hydrogens is 160 g/mol. The van der Waals surface area contributed by atoms with Crippen molar-refractivity contribution >= 4 is 0 Å². The molecule has 1 rings (SSSR count). The number of hydrogen-bond acceptors (Lipinski definition) is 1. The minimum Gasteiger partial charge on any atom is -0.335 e. The third kappa shape index (κ3) is 3.21. The molecule has 0 aliphatic heterocycles. The Hall–Kier alpha value is -0.790. The molecule has 1 heterocycles. The van der Waals surface area contributed by atoms with Gasteiger partial charge < -0.3 is 4.57 Å². The molecule has 1 aromatic rings. The van der Waals surface area contributed by atoms with E-state index in [4.69, 9.17) is 0 Å². The topological polar surface area (TPSA) is 17.8 Å². The van der Waals surface area contributed by atoms with E-state index in [0.717, 1.165) is 13.0 Å². The van der Waals surface area contributed by atoms with E-state index < -0.39 is 0 Å². The van der Waals surface area contributed by atoms with Crippen LogP contribution in [-0.4, -0.2) is 9.55 Å². The summed E-state index contributed by atoms with van der Waals surface area (Å²) in [7, 11) is 0. The Morgan fingerprint density at radius 3 is 2.77 bits per heavy atom. The van der Waals surface area contributed by atoms with Crippen molar-refractivity contribution in [2.75, 3.05) is 0 Å². The first-order valence-corrected chi connectivity index (χ1v) is 5.38. The quantitative estimate of drug-likeness (QED) is 0.615. The molecule has 74 valence electrons. The predicted octanol–water partition coefficient (Wildman–Crippen LogP) is 3.03. The van der Waals surface area contributed by atoms with E-state index in [9.17, 15) is 0 Å². The fraction of sp³-hybridized carbons (Fsp3) is 0.727. The summed E-state index contributed by atoms with van der Waals surface area (Å²) in [5.41, 5.74) is 0. The van der Waals surface area contributed by atoms with Gasteiger partial charge in [0.1, 0.15) is 5.82 Å². The summed E-state index contributed by atoms with van der Waals surface area (Å²) in [5, 5.41) is 0. The lowest BCUT2D eigenvalue weighted by molar-refractivity contribution is 0.576. The normalized spacial score (nSPS) is 10.6. The van der Waals surface area contributed by atoms with Gasteiger partial charge in [0.25, 0.3) is 0 Å². The Morgan fingerprint density at radius 2 is 2.08 bits per heavy atom. The molecule has 13 heavy (non-hydrogen) atoms. The Kier molecular flexibility index (Phi) is 4.58. The van der Waals surface area contributed by atoms with E-state index in [1.54, 1.807) is 0 Å². The number of rotatable bonds is 6. The van der Waals surface area contributed by atoms with Gasteiger partial charge in [-0.1, -0.05) is 26.7 Å². The average Bonchev–Trinajstić information content (AvgIpc) is 2.54. The van der Waals surface area contributed by atoms with E-state index in [-0.39, 0.29) is 0 Å². The summed E-state index contributed by atoms with van der Waals surface area (Å²) in [6.07, 6.45) is 10.2. The van der Waals surface area contributed by atoms with Crippen molar-refractivity contribution in [1.29, 1.82) is 0 Å². The summed E-state index contributed by atoms with van der Waals surface area (Å²) in [4.78, 5) is 4.35. The fourth-order valence-electron chi connectivity index (χ4n) is 1.53. The van der Waals surface area contributed by atoms with E-state index in [2.05, 4.69) is 29.6 Å². The SMILES string of the molecule is CCCCCn1ccnc1CCC. The van der Waals surface area contributed by atoms with Crippen molar-refractivity contribution < 1.29 is 0 Å². The second kappa shape index (κ2) is 5.79. The summed E-state index contributed by atoms with van der Waals surface area (Å²) in [6, 6.07) is 0. The largest absolute Gasteiger partial charge is 0.335 e. The van der Waals surface area contributed by atoms with Gasteiger partial charge in [-0.05, 0) is 12.8 Å². The standard InChI is InChI=1S/C11H20N2/c1-3-5-6-9-13-10-8-12-11(13)7-4-2/h8,10H,3-7,9H2,1-2H3. The van der Waals surface area contributed by atoms with Crippen molar-refractivity contribution in [2.24, 2.45) is 0 Å². The molecule has 1 aromatic heterocycles. The van der Waals surface area contributed by atoms with Crippen LogP contribution in [0, 0.1) is 0 Å².